The summed E-state index contributed by atoms with van der Waals surface area (Å²) in [5.41, 5.74) is 2.07. The van der Waals surface area contributed by atoms with Gasteiger partial charge in [-0.15, -0.1) is 0 Å². The van der Waals surface area contributed by atoms with Crippen molar-refractivity contribution in [1.82, 2.24) is 0 Å². The fraction of sp³-hybridized carbons (Fsp3) is 0.100. The molecule has 3 rings (SSSR count). The summed E-state index contributed by atoms with van der Waals surface area (Å²) in [7, 11) is 0. The van der Waals surface area contributed by atoms with Crippen molar-refractivity contribution in [3.63, 3.8) is 0 Å². The van der Waals surface area contributed by atoms with E-state index in [0.29, 0.717) is 33.2 Å². The quantitative estimate of drug-likeness (QED) is 0.452. The molecule has 0 aliphatic heterocycles. The summed E-state index contributed by atoms with van der Waals surface area (Å²) in [4.78, 5) is 0. The molecule has 0 aliphatic rings. The lowest BCUT2D eigenvalue weighted by atomic mass is 10.1. The Balaban J connectivity index is 1.62. The number of ether oxygens (including phenoxy) is 2. The van der Waals surface area contributed by atoms with E-state index >= 15 is 0 Å². The highest BCUT2D eigenvalue weighted by Crippen LogP contribution is 2.30. The molecule has 0 atom stereocenters. The van der Waals surface area contributed by atoms with Crippen LogP contribution in [0.4, 0.5) is 0 Å². The fourth-order valence-electron chi connectivity index (χ4n) is 2.21. The molecule has 0 heterocycles. The highest BCUT2D eigenvalue weighted by molar-refractivity contribution is 6.42. The molecule has 0 amide bonds. The Morgan fingerprint density at radius 1 is 0.680 bits per heavy atom. The van der Waals surface area contributed by atoms with Crippen LogP contribution in [0.3, 0.4) is 0 Å². The highest BCUT2D eigenvalue weighted by atomic mass is 35.5. The third-order valence-corrected chi connectivity index (χ3v) is 4.64. The van der Waals surface area contributed by atoms with E-state index in [4.69, 9.17) is 44.3 Å². The minimum absolute atomic E-state index is 0.409. The van der Waals surface area contributed by atoms with Crippen molar-refractivity contribution in [2.45, 2.75) is 13.5 Å². The number of halogens is 3. The Hall–Kier alpha value is -1.87. The molecule has 128 valence electrons. The predicted molar refractivity (Wildman–Crippen MR) is 103 cm³/mol. The summed E-state index contributed by atoms with van der Waals surface area (Å²) >= 11 is 18.1. The monoisotopic (exact) mass is 392 g/mol. The molecule has 0 radical (unpaired) electrons. The first-order chi connectivity index (χ1) is 12.0. The minimum Gasteiger partial charge on any atom is -0.489 e. The Bertz CT molecular complexity index is 877. The molecule has 0 fully saturated rings. The molecule has 0 spiro atoms. The van der Waals surface area contributed by atoms with Gasteiger partial charge in [0.15, 0.2) is 0 Å². The van der Waals surface area contributed by atoms with Crippen LogP contribution >= 0.6 is 34.8 Å². The van der Waals surface area contributed by atoms with E-state index < -0.39 is 0 Å². The Labute approximate surface area is 161 Å². The standard InChI is InChI=1S/C20H15Cl3O2/c1-13-2-3-14(19(22)10-13)12-24-15-4-6-16(7-5-15)25-17-8-9-18(21)20(23)11-17/h2-11H,12H2,1H3. The van der Waals surface area contributed by atoms with Gasteiger partial charge in [-0.3, -0.25) is 0 Å². The van der Waals surface area contributed by atoms with Gasteiger partial charge >= 0.3 is 0 Å². The number of aryl methyl sites for hydroxylation is 1. The van der Waals surface area contributed by atoms with Crippen LogP contribution in [0.25, 0.3) is 0 Å². The van der Waals surface area contributed by atoms with Crippen molar-refractivity contribution in [2.24, 2.45) is 0 Å². The van der Waals surface area contributed by atoms with Gasteiger partial charge in [0.2, 0.25) is 0 Å². The summed E-state index contributed by atoms with van der Waals surface area (Å²) in [6.07, 6.45) is 0. The van der Waals surface area contributed by atoms with Gasteiger partial charge in [-0.05, 0) is 55.0 Å². The van der Waals surface area contributed by atoms with Crippen LogP contribution in [0, 0.1) is 6.92 Å². The lowest BCUT2D eigenvalue weighted by Gasteiger charge is -2.10. The smallest absolute Gasteiger partial charge is 0.129 e. The van der Waals surface area contributed by atoms with Gasteiger partial charge in [0.1, 0.15) is 23.9 Å². The first-order valence-electron chi connectivity index (χ1n) is 7.62. The first kappa shape index (κ1) is 17.9. The van der Waals surface area contributed by atoms with E-state index in [9.17, 15) is 0 Å². The van der Waals surface area contributed by atoms with Gasteiger partial charge in [0.05, 0.1) is 10.0 Å². The number of benzene rings is 3. The molecule has 0 saturated heterocycles. The molecule has 0 bridgehead atoms. The zero-order chi connectivity index (χ0) is 17.8. The summed E-state index contributed by atoms with van der Waals surface area (Å²) in [6.45, 7) is 2.41. The van der Waals surface area contributed by atoms with Crippen LogP contribution < -0.4 is 9.47 Å². The maximum Gasteiger partial charge on any atom is 0.129 e. The molecule has 0 N–H and O–H groups in total. The van der Waals surface area contributed by atoms with Crippen LogP contribution in [0.15, 0.2) is 60.7 Å². The first-order valence-corrected chi connectivity index (χ1v) is 8.75. The van der Waals surface area contributed by atoms with Crippen LogP contribution in [-0.2, 0) is 6.61 Å². The van der Waals surface area contributed by atoms with E-state index in [1.807, 2.05) is 49.4 Å². The zero-order valence-corrected chi connectivity index (χ0v) is 15.7. The molecule has 3 aromatic rings. The second kappa shape index (κ2) is 8.01. The zero-order valence-electron chi connectivity index (χ0n) is 13.4. The average Bonchev–Trinajstić information content (AvgIpc) is 2.59. The summed E-state index contributed by atoms with van der Waals surface area (Å²) in [5, 5.41) is 1.65. The predicted octanol–water partition coefficient (Wildman–Crippen LogP) is 7.33. The van der Waals surface area contributed by atoms with Crippen LogP contribution in [0.1, 0.15) is 11.1 Å². The second-order valence-electron chi connectivity index (χ2n) is 5.53. The molecule has 0 saturated carbocycles. The molecular formula is C20H15Cl3O2. The van der Waals surface area contributed by atoms with Gasteiger partial charge in [-0.2, -0.15) is 0 Å². The van der Waals surface area contributed by atoms with Crippen molar-refractivity contribution < 1.29 is 9.47 Å². The molecule has 25 heavy (non-hydrogen) atoms. The van der Waals surface area contributed by atoms with E-state index in [2.05, 4.69) is 0 Å². The summed E-state index contributed by atoms with van der Waals surface area (Å²) in [5.74, 6) is 2.03. The molecule has 3 aromatic carbocycles. The van der Waals surface area contributed by atoms with E-state index in [0.717, 1.165) is 16.9 Å². The van der Waals surface area contributed by atoms with Gasteiger partial charge < -0.3 is 9.47 Å². The molecule has 0 unspecified atom stereocenters. The lowest BCUT2D eigenvalue weighted by molar-refractivity contribution is 0.306. The van der Waals surface area contributed by atoms with Crippen LogP contribution in [-0.4, -0.2) is 0 Å². The fourth-order valence-corrected chi connectivity index (χ4v) is 2.79. The van der Waals surface area contributed by atoms with Gasteiger partial charge in [-0.25, -0.2) is 0 Å². The van der Waals surface area contributed by atoms with E-state index in [-0.39, 0.29) is 0 Å². The van der Waals surface area contributed by atoms with Crippen molar-refractivity contribution in [3.8, 4) is 17.2 Å². The van der Waals surface area contributed by atoms with Gasteiger partial charge in [0.25, 0.3) is 0 Å². The Kier molecular flexibility index (Phi) is 5.74. The SMILES string of the molecule is Cc1ccc(COc2ccc(Oc3ccc(Cl)c(Cl)c3)cc2)c(Cl)c1. The van der Waals surface area contributed by atoms with Gasteiger partial charge in [-0.1, -0.05) is 46.9 Å². The molecule has 5 heteroatoms. The minimum atomic E-state index is 0.409. The van der Waals surface area contributed by atoms with Crippen molar-refractivity contribution in [3.05, 3.63) is 86.9 Å². The largest absolute Gasteiger partial charge is 0.489 e. The summed E-state index contributed by atoms with van der Waals surface area (Å²) in [6, 6.07) is 18.4. The topological polar surface area (TPSA) is 18.5 Å². The molecule has 2 nitrogen and oxygen atoms in total. The number of hydrogen-bond donors (Lipinski definition) is 0. The third kappa shape index (κ3) is 4.82. The Morgan fingerprint density at radius 3 is 2.04 bits per heavy atom. The molecule has 0 aromatic heterocycles. The van der Waals surface area contributed by atoms with Gasteiger partial charge in [0, 0.05) is 16.7 Å². The maximum atomic E-state index is 6.21. The maximum absolute atomic E-state index is 6.21. The van der Waals surface area contributed by atoms with Crippen molar-refractivity contribution in [2.75, 3.05) is 0 Å². The van der Waals surface area contributed by atoms with Crippen LogP contribution in [0.2, 0.25) is 15.1 Å². The van der Waals surface area contributed by atoms with Crippen LogP contribution in [0.5, 0.6) is 17.2 Å². The normalized spacial score (nSPS) is 10.6. The summed E-state index contributed by atoms with van der Waals surface area (Å²) < 4.78 is 11.5. The average molecular weight is 394 g/mol. The van der Waals surface area contributed by atoms with Crippen molar-refractivity contribution in [1.29, 1.82) is 0 Å². The molecule has 0 aliphatic carbocycles. The van der Waals surface area contributed by atoms with Crippen molar-refractivity contribution >= 4 is 34.8 Å². The number of hydrogen-bond acceptors (Lipinski definition) is 2. The second-order valence-corrected chi connectivity index (χ2v) is 6.75. The number of rotatable bonds is 5. The highest BCUT2D eigenvalue weighted by Gasteiger charge is 2.04. The van der Waals surface area contributed by atoms with E-state index in [1.54, 1.807) is 18.2 Å². The molecular weight excluding hydrogens is 379 g/mol. The lowest BCUT2D eigenvalue weighted by Crippen LogP contribution is -1.96. The third-order valence-electron chi connectivity index (χ3n) is 3.55. The van der Waals surface area contributed by atoms with E-state index in [1.165, 1.54) is 0 Å². The Morgan fingerprint density at radius 2 is 1.36 bits per heavy atom.